The monoisotopic (exact) mass is 419 g/mol. The van der Waals surface area contributed by atoms with E-state index in [-0.39, 0.29) is 5.02 Å². The summed E-state index contributed by atoms with van der Waals surface area (Å²) in [7, 11) is 3.15. The van der Waals surface area contributed by atoms with Gasteiger partial charge in [-0.2, -0.15) is 9.78 Å². The second-order valence-electron chi connectivity index (χ2n) is 6.03. The Balaban J connectivity index is 1.88. The van der Waals surface area contributed by atoms with E-state index in [2.05, 4.69) is 10.4 Å². The molecule has 0 aliphatic heterocycles. The van der Waals surface area contributed by atoms with E-state index in [1.165, 1.54) is 10.9 Å². The van der Waals surface area contributed by atoms with Crippen LogP contribution in [-0.2, 0) is 6.54 Å². The highest BCUT2D eigenvalue weighted by molar-refractivity contribution is 6.33. The molecule has 0 unspecified atom stereocenters. The van der Waals surface area contributed by atoms with Gasteiger partial charge in [0.15, 0.2) is 11.5 Å². The number of methoxy groups -OCH3 is 2. The predicted octanol–water partition coefficient (Wildman–Crippen LogP) is 4.48. The quantitative estimate of drug-likeness (QED) is 0.637. The summed E-state index contributed by atoms with van der Waals surface area (Å²) in [5.41, 5.74) is 2.29. The lowest BCUT2D eigenvalue weighted by atomic mass is 10.2. The molecule has 0 spiro atoms. The van der Waals surface area contributed by atoms with Crippen LogP contribution in [0.4, 0.5) is 5.69 Å². The summed E-state index contributed by atoms with van der Waals surface area (Å²) in [5.74, 6) is 1.24. The number of halogens is 2. The van der Waals surface area contributed by atoms with Crippen LogP contribution < -0.4 is 20.3 Å². The maximum Gasteiger partial charge on any atom is 0.292 e. The molecule has 146 valence electrons. The molecule has 0 aliphatic rings. The van der Waals surface area contributed by atoms with Crippen LogP contribution in [0.5, 0.6) is 11.5 Å². The van der Waals surface area contributed by atoms with Crippen molar-refractivity contribution in [2.75, 3.05) is 19.5 Å². The molecular weight excluding hydrogens is 401 g/mol. The lowest BCUT2D eigenvalue weighted by Gasteiger charge is -2.14. The van der Waals surface area contributed by atoms with Crippen LogP contribution in [0, 0.1) is 6.92 Å². The molecule has 1 heterocycles. The zero-order chi connectivity index (χ0) is 20.3. The van der Waals surface area contributed by atoms with Gasteiger partial charge >= 0.3 is 0 Å². The molecule has 0 radical (unpaired) electrons. The van der Waals surface area contributed by atoms with Crippen molar-refractivity contribution in [3.05, 3.63) is 74.1 Å². The Morgan fingerprint density at radius 2 is 1.93 bits per heavy atom. The van der Waals surface area contributed by atoms with Crippen molar-refractivity contribution in [2.45, 2.75) is 13.5 Å². The van der Waals surface area contributed by atoms with Crippen molar-refractivity contribution in [2.24, 2.45) is 0 Å². The maximum absolute atomic E-state index is 12.7. The number of rotatable bonds is 6. The highest BCUT2D eigenvalue weighted by Crippen LogP contribution is 2.31. The Labute approximate surface area is 172 Å². The fraction of sp³-hybridized carbons (Fsp3) is 0.200. The summed E-state index contributed by atoms with van der Waals surface area (Å²) in [6, 6.07) is 10.8. The van der Waals surface area contributed by atoms with E-state index in [0.717, 1.165) is 11.1 Å². The average Bonchev–Trinajstić information content (AvgIpc) is 2.70. The van der Waals surface area contributed by atoms with Crippen LogP contribution in [-0.4, -0.2) is 24.0 Å². The Bertz CT molecular complexity index is 1070. The molecule has 6 nitrogen and oxygen atoms in total. The normalized spacial score (nSPS) is 10.6. The predicted molar refractivity (Wildman–Crippen MR) is 111 cm³/mol. The molecule has 0 saturated carbocycles. The summed E-state index contributed by atoms with van der Waals surface area (Å²) < 4.78 is 11.9. The Kier molecular flexibility index (Phi) is 6.11. The number of nitrogens with zero attached hydrogens (tertiary/aromatic N) is 2. The third-order valence-electron chi connectivity index (χ3n) is 4.27. The number of aromatic nitrogens is 2. The molecule has 0 atom stereocenters. The van der Waals surface area contributed by atoms with Gasteiger partial charge in [-0.3, -0.25) is 4.79 Å². The lowest BCUT2D eigenvalue weighted by Crippen LogP contribution is -2.22. The Morgan fingerprint density at radius 1 is 1.14 bits per heavy atom. The third kappa shape index (κ3) is 3.93. The van der Waals surface area contributed by atoms with E-state index in [9.17, 15) is 4.79 Å². The van der Waals surface area contributed by atoms with Crippen LogP contribution in [0.2, 0.25) is 10.0 Å². The second kappa shape index (κ2) is 8.54. The molecule has 1 N–H and O–H groups in total. The van der Waals surface area contributed by atoms with E-state index < -0.39 is 5.56 Å². The number of aryl methyl sites for hydroxylation is 1. The summed E-state index contributed by atoms with van der Waals surface area (Å²) in [6.45, 7) is 2.26. The molecule has 3 rings (SSSR count). The van der Waals surface area contributed by atoms with Crippen molar-refractivity contribution >= 4 is 28.9 Å². The van der Waals surface area contributed by atoms with Gasteiger partial charge in [0, 0.05) is 17.1 Å². The molecule has 8 heteroatoms. The first kappa shape index (κ1) is 20.0. The highest BCUT2D eigenvalue weighted by atomic mass is 35.5. The fourth-order valence-corrected chi connectivity index (χ4v) is 3.11. The number of para-hydroxylation sites is 1. The van der Waals surface area contributed by atoms with Crippen LogP contribution >= 0.6 is 23.2 Å². The van der Waals surface area contributed by atoms with Crippen LogP contribution in [0.1, 0.15) is 11.1 Å². The van der Waals surface area contributed by atoms with E-state index in [1.807, 2.05) is 31.2 Å². The van der Waals surface area contributed by atoms with Crippen molar-refractivity contribution < 1.29 is 9.47 Å². The fourth-order valence-electron chi connectivity index (χ4n) is 2.74. The number of ether oxygens (including phenoxy) is 2. The Hall–Kier alpha value is -2.70. The van der Waals surface area contributed by atoms with Gasteiger partial charge in [0.1, 0.15) is 5.02 Å². The minimum Gasteiger partial charge on any atom is -0.493 e. The number of anilines is 1. The molecule has 0 saturated heterocycles. The number of hydrogen-bond acceptors (Lipinski definition) is 5. The standard InChI is InChI=1S/C20H19Cl2N3O3/c1-12-7-8-14(9-15(12)21)25-20(26)18(22)16(11-24-25)23-10-13-5-4-6-17(27-2)19(13)28-3/h4-9,11,23H,10H2,1-3H3. The molecule has 3 aromatic rings. The molecule has 0 fully saturated rings. The van der Waals surface area contributed by atoms with E-state index in [4.69, 9.17) is 32.7 Å². The smallest absolute Gasteiger partial charge is 0.292 e. The topological polar surface area (TPSA) is 65.4 Å². The van der Waals surface area contributed by atoms with Gasteiger partial charge < -0.3 is 14.8 Å². The summed E-state index contributed by atoms with van der Waals surface area (Å²) in [4.78, 5) is 12.7. The zero-order valence-electron chi connectivity index (χ0n) is 15.6. The molecule has 0 bridgehead atoms. The summed E-state index contributed by atoms with van der Waals surface area (Å²) >= 11 is 12.4. The van der Waals surface area contributed by atoms with Crippen molar-refractivity contribution in [3.63, 3.8) is 0 Å². The molecule has 0 aliphatic carbocycles. The van der Waals surface area contributed by atoms with E-state index >= 15 is 0 Å². The molecular formula is C20H19Cl2N3O3. The summed E-state index contributed by atoms with van der Waals surface area (Å²) in [6.07, 6.45) is 1.50. The molecule has 1 aromatic heterocycles. The first-order valence-electron chi connectivity index (χ1n) is 8.44. The van der Waals surface area contributed by atoms with Gasteiger partial charge in [0.05, 0.1) is 31.8 Å². The van der Waals surface area contributed by atoms with Gasteiger partial charge in [-0.25, -0.2) is 0 Å². The maximum atomic E-state index is 12.7. The Morgan fingerprint density at radius 3 is 2.61 bits per heavy atom. The van der Waals surface area contributed by atoms with Gasteiger partial charge in [-0.15, -0.1) is 0 Å². The van der Waals surface area contributed by atoms with Gasteiger partial charge in [-0.05, 0) is 30.7 Å². The summed E-state index contributed by atoms with van der Waals surface area (Å²) in [5, 5.41) is 7.92. The second-order valence-corrected chi connectivity index (χ2v) is 6.81. The van der Waals surface area contributed by atoms with E-state index in [1.54, 1.807) is 26.4 Å². The van der Waals surface area contributed by atoms with Crippen LogP contribution in [0.25, 0.3) is 5.69 Å². The largest absolute Gasteiger partial charge is 0.493 e. The zero-order valence-corrected chi connectivity index (χ0v) is 17.1. The third-order valence-corrected chi connectivity index (χ3v) is 5.05. The highest BCUT2D eigenvalue weighted by Gasteiger charge is 2.13. The van der Waals surface area contributed by atoms with Crippen LogP contribution in [0.15, 0.2) is 47.4 Å². The first-order chi connectivity index (χ1) is 13.5. The number of hydrogen-bond donors (Lipinski definition) is 1. The van der Waals surface area contributed by atoms with Gasteiger partial charge in [-0.1, -0.05) is 41.4 Å². The van der Waals surface area contributed by atoms with Gasteiger partial charge in [0.2, 0.25) is 0 Å². The van der Waals surface area contributed by atoms with Crippen molar-refractivity contribution in [3.8, 4) is 17.2 Å². The SMILES string of the molecule is COc1cccc(CNc2cnn(-c3ccc(C)c(Cl)c3)c(=O)c2Cl)c1OC. The minimum absolute atomic E-state index is 0.0357. The first-order valence-corrected chi connectivity index (χ1v) is 9.20. The molecule has 28 heavy (non-hydrogen) atoms. The minimum atomic E-state index is -0.441. The molecule has 0 amide bonds. The van der Waals surface area contributed by atoms with Gasteiger partial charge in [0.25, 0.3) is 5.56 Å². The number of nitrogens with one attached hydrogen (secondary N) is 1. The molecule has 2 aromatic carbocycles. The van der Waals surface area contributed by atoms with Crippen molar-refractivity contribution in [1.29, 1.82) is 0 Å². The van der Waals surface area contributed by atoms with Crippen LogP contribution in [0.3, 0.4) is 0 Å². The van der Waals surface area contributed by atoms with E-state index in [0.29, 0.717) is 34.4 Å². The average molecular weight is 420 g/mol. The van der Waals surface area contributed by atoms with Crippen molar-refractivity contribution in [1.82, 2.24) is 9.78 Å². The lowest BCUT2D eigenvalue weighted by molar-refractivity contribution is 0.352. The number of benzene rings is 2.